The molecule has 1 aromatic carbocycles. The SMILES string of the molecule is COCCN1C(=O)N(Cc2cccc(OC)c2)C(=O)C12CCN(CCC(=O)OC)CC2. The van der Waals surface area contributed by atoms with Crippen molar-refractivity contribution in [3.05, 3.63) is 29.8 Å². The maximum atomic E-state index is 13.5. The maximum Gasteiger partial charge on any atom is 0.328 e. The van der Waals surface area contributed by atoms with Crippen LogP contribution >= 0.6 is 0 Å². The van der Waals surface area contributed by atoms with E-state index in [0.717, 1.165) is 5.56 Å². The molecule has 1 spiro atoms. The molecule has 2 aliphatic heterocycles. The van der Waals surface area contributed by atoms with E-state index in [1.807, 2.05) is 24.3 Å². The number of rotatable bonds is 9. The van der Waals surface area contributed by atoms with Crippen molar-refractivity contribution in [3.8, 4) is 5.75 Å². The molecule has 2 saturated heterocycles. The number of carbonyl (C=O) groups excluding carboxylic acids is 3. The summed E-state index contributed by atoms with van der Waals surface area (Å²) in [5.41, 5.74) is -0.0312. The molecule has 170 valence electrons. The van der Waals surface area contributed by atoms with Crippen LogP contribution in [0.25, 0.3) is 0 Å². The van der Waals surface area contributed by atoms with Crippen molar-refractivity contribution in [3.63, 3.8) is 0 Å². The summed E-state index contributed by atoms with van der Waals surface area (Å²) in [5.74, 6) is 0.268. The molecule has 2 heterocycles. The largest absolute Gasteiger partial charge is 0.497 e. The minimum Gasteiger partial charge on any atom is -0.497 e. The van der Waals surface area contributed by atoms with Gasteiger partial charge in [0.05, 0.1) is 33.8 Å². The molecular formula is C22H31N3O6. The Bertz CT molecular complexity index is 806. The normalized spacial score (nSPS) is 18.7. The second kappa shape index (κ2) is 10.1. The lowest BCUT2D eigenvalue weighted by Crippen LogP contribution is -2.57. The molecule has 0 aromatic heterocycles. The number of urea groups is 1. The van der Waals surface area contributed by atoms with Crippen LogP contribution in [0.15, 0.2) is 24.3 Å². The van der Waals surface area contributed by atoms with Gasteiger partial charge in [-0.25, -0.2) is 4.79 Å². The predicted molar refractivity (Wildman–Crippen MR) is 113 cm³/mol. The number of ether oxygens (including phenoxy) is 3. The van der Waals surface area contributed by atoms with E-state index in [4.69, 9.17) is 14.2 Å². The molecular weight excluding hydrogens is 402 g/mol. The fraction of sp³-hybridized carbons (Fsp3) is 0.591. The monoisotopic (exact) mass is 433 g/mol. The molecule has 0 unspecified atom stereocenters. The lowest BCUT2D eigenvalue weighted by Gasteiger charge is -2.42. The van der Waals surface area contributed by atoms with Gasteiger partial charge in [-0.2, -0.15) is 0 Å². The number of carbonyl (C=O) groups is 3. The van der Waals surface area contributed by atoms with Crippen molar-refractivity contribution in [2.24, 2.45) is 0 Å². The van der Waals surface area contributed by atoms with Gasteiger partial charge in [-0.15, -0.1) is 0 Å². The molecule has 0 radical (unpaired) electrons. The van der Waals surface area contributed by atoms with E-state index in [1.165, 1.54) is 12.0 Å². The third kappa shape index (κ3) is 4.83. The zero-order valence-corrected chi connectivity index (χ0v) is 18.5. The Kier molecular flexibility index (Phi) is 7.50. The standard InChI is InChI=1S/C22H31N3O6/c1-29-14-13-25-21(28)24(16-17-5-4-6-18(15-17)30-2)20(27)22(25)8-11-23(12-9-22)10-7-19(26)31-3/h4-6,15H,7-14,16H2,1-3H3. The summed E-state index contributed by atoms with van der Waals surface area (Å²) in [5, 5.41) is 0. The molecule has 0 N–H and O–H groups in total. The van der Waals surface area contributed by atoms with E-state index in [0.29, 0.717) is 57.8 Å². The fourth-order valence-electron chi connectivity index (χ4n) is 4.35. The fourth-order valence-corrected chi connectivity index (χ4v) is 4.35. The third-order valence-corrected chi connectivity index (χ3v) is 6.16. The molecule has 31 heavy (non-hydrogen) atoms. The van der Waals surface area contributed by atoms with E-state index < -0.39 is 5.54 Å². The van der Waals surface area contributed by atoms with Gasteiger partial charge in [0.2, 0.25) is 0 Å². The Labute approximate surface area is 182 Å². The average Bonchev–Trinajstić information content (AvgIpc) is 2.98. The molecule has 2 fully saturated rings. The van der Waals surface area contributed by atoms with E-state index >= 15 is 0 Å². The van der Waals surface area contributed by atoms with Crippen LogP contribution < -0.4 is 4.74 Å². The van der Waals surface area contributed by atoms with Gasteiger partial charge in [0.25, 0.3) is 5.91 Å². The van der Waals surface area contributed by atoms with Crippen LogP contribution in [0, 0.1) is 0 Å². The molecule has 0 bridgehead atoms. The number of imide groups is 1. The zero-order chi connectivity index (χ0) is 22.4. The van der Waals surface area contributed by atoms with Gasteiger partial charge in [-0.3, -0.25) is 14.5 Å². The lowest BCUT2D eigenvalue weighted by atomic mass is 9.85. The van der Waals surface area contributed by atoms with Gasteiger partial charge in [0.15, 0.2) is 0 Å². The summed E-state index contributed by atoms with van der Waals surface area (Å²) in [6, 6.07) is 7.10. The Hall–Kier alpha value is -2.65. The number of hydrogen-bond donors (Lipinski definition) is 0. The quantitative estimate of drug-likeness (QED) is 0.431. The van der Waals surface area contributed by atoms with E-state index in [9.17, 15) is 14.4 Å². The smallest absolute Gasteiger partial charge is 0.328 e. The first-order chi connectivity index (χ1) is 14.9. The summed E-state index contributed by atoms with van der Waals surface area (Å²) in [7, 11) is 4.54. The summed E-state index contributed by atoms with van der Waals surface area (Å²) >= 11 is 0. The predicted octanol–water partition coefficient (Wildman–Crippen LogP) is 1.50. The first-order valence-electron chi connectivity index (χ1n) is 10.5. The van der Waals surface area contributed by atoms with Gasteiger partial charge in [0, 0.05) is 33.3 Å². The topological polar surface area (TPSA) is 88.6 Å². The Balaban J connectivity index is 1.76. The van der Waals surface area contributed by atoms with E-state index in [-0.39, 0.29) is 24.5 Å². The molecule has 9 nitrogen and oxygen atoms in total. The molecule has 0 saturated carbocycles. The van der Waals surface area contributed by atoms with E-state index in [2.05, 4.69) is 4.90 Å². The molecule has 0 atom stereocenters. The minimum absolute atomic E-state index is 0.163. The summed E-state index contributed by atoms with van der Waals surface area (Å²) < 4.78 is 15.2. The molecule has 2 aliphatic rings. The first kappa shape index (κ1) is 23.0. The number of piperidine rings is 1. The number of esters is 1. The van der Waals surface area contributed by atoms with Crippen molar-refractivity contribution in [2.75, 3.05) is 54.1 Å². The van der Waals surface area contributed by atoms with Crippen LogP contribution in [0.4, 0.5) is 4.79 Å². The number of likely N-dealkylation sites (tertiary alicyclic amines) is 1. The van der Waals surface area contributed by atoms with Gasteiger partial charge < -0.3 is 24.0 Å². The maximum absolute atomic E-state index is 13.5. The molecule has 9 heteroatoms. The second-order valence-corrected chi connectivity index (χ2v) is 7.87. The number of benzene rings is 1. The summed E-state index contributed by atoms with van der Waals surface area (Å²) in [4.78, 5) is 43.4. The first-order valence-corrected chi connectivity index (χ1v) is 10.5. The average molecular weight is 434 g/mol. The van der Waals surface area contributed by atoms with E-state index in [1.54, 1.807) is 19.1 Å². The number of nitrogens with zero attached hydrogens (tertiary/aromatic N) is 3. The Morgan fingerprint density at radius 2 is 1.84 bits per heavy atom. The Morgan fingerprint density at radius 3 is 2.48 bits per heavy atom. The van der Waals surface area contributed by atoms with Crippen LogP contribution in [0.3, 0.4) is 0 Å². The number of methoxy groups -OCH3 is 3. The van der Waals surface area contributed by atoms with Gasteiger partial charge in [-0.1, -0.05) is 12.1 Å². The second-order valence-electron chi connectivity index (χ2n) is 7.87. The zero-order valence-electron chi connectivity index (χ0n) is 18.5. The van der Waals surface area contributed by atoms with Crippen molar-refractivity contribution < 1.29 is 28.6 Å². The summed E-state index contributed by atoms with van der Waals surface area (Å²) in [6.45, 7) is 2.76. The van der Waals surface area contributed by atoms with Crippen LogP contribution in [-0.2, 0) is 25.6 Å². The highest BCUT2D eigenvalue weighted by Gasteiger charge is 2.57. The number of hydrogen-bond acceptors (Lipinski definition) is 7. The van der Waals surface area contributed by atoms with Crippen LogP contribution in [-0.4, -0.2) is 92.3 Å². The molecule has 0 aliphatic carbocycles. The van der Waals surface area contributed by atoms with Gasteiger partial charge >= 0.3 is 12.0 Å². The van der Waals surface area contributed by atoms with Gasteiger partial charge in [-0.05, 0) is 30.5 Å². The summed E-state index contributed by atoms with van der Waals surface area (Å²) in [6.07, 6.45) is 1.36. The van der Waals surface area contributed by atoms with Gasteiger partial charge in [0.1, 0.15) is 11.3 Å². The lowest BCUT2D eigenvalue weighted by molar-refractivity contribution is -0.142. The molecule has 3 amide bonds. The third-order valence-electron chi connectivity index (χ3n) is 6.16. The van der Waals surface area contributed by atoms with Crippen molar-refractivity contribution >= 4 is 17.9 Å². The van der Waals surface area contributed by atoms with Crippen molar-refractivity contribution in [2.45, 2.75) is 31.3 Å². The molecule has 3 rings (SSSR count). The van der Waals surface area contributed by atoms with Crippen LogP contribution in [0.2, 0.25) is 0 Å². The van der Waals surface area contributed by atoms with Crippen LogP contribution in [0.5, 0.6) is 5.75 Å². The number of amides is 3. The highest BCUT2D eigenvalue weighted by molar-refractivity contribution is 6.07. The Morgan fingerprint density at radius 1 is 1.10 bits per heavy atom. The van der Waals surface area contributed by atoms with Crippen molar-refractivity contribution in [1.29, 1.82) is 0 Å². The highest BCUT2D eigenvalue weighted by atomic mass is 16.5. The minimum atomic E-state index is -0.865. The highest BCUT2D eigenvalue weighted by Crippen LogP contribution is 2.38. The molecule has 1 aromatic rings. The van der Waals surface area contributed by atoms with Crippen molar-refractivity contribution in [1.82, 2.24) is 14.7 Å². The van der Waals surface area contributed by atoms with Crippen LogP contribution in [0.1, 0.15) is 24.8 Å².